The molecule has 0 aromatic carbocycles. The van der Waals surface area contributed by atoms with Crippen molar-refractivity contribution in [2.45, 2.75) is 25.4 Å². The lowest BCUT2D eigenvalue weighted by Crippen LogP contribution is -2.24. The lowest BCUT2D eigenvalue weighted by molar-refractivity contribution is 0.210. The van der Waals surface area contributed by atoms with Gasteiger partial charge in [0.05, 0.1) is 6.10 Å². The quantitative estimate of drug-likeness (QED) is 0.535. The molecule has 10 heavy (non-hydrogen) atoms. The molecule has 2 aliphatic rings. The van der Waals surface area contributed by atoms with E-state index in [9.17, 15) is 5.11 Å². The molecule has 1 unspecified atom stereocenters. The van der Waals surface area contributed by atoms with Gasteiger partial charge < -0.3 is 10.0 Å². The summed E-state index contributed by atoms with van der Waals surface area (Å²) in [5.74, 6) is 0. The second-order valence-electron chi connectivity index (χ2n) is 3.06. The van der Waals surface area contributed by atoms with Gasteiger partial charge in [-0.2, -0.15) is 0 Å². The van der Waals surface area contributed by atoms with Gasteiger partial charge in [0.1, 0.15) is 0 Å². The Morgan fingerprint density at radius 3 is 3.20 bits per heavy atom. The summed E-state index contributed by atoms with van der Waals surface area (Å²) in [6, 6.07) is 0. The van der Waals surface area contributed by atoms with Crippen LogP contribution in [0.1, 0.15) is 19.3 Å². The van der Waals surface area contributed by atoms with E-state index in [-0.39, 0.29) is 6.10 Å². The van der Waals surface area contributed by atoms with Crippen LogP contribution in [0, 0.1) is 0 Å². The van der Waals surface area contributed by atoms with Gasteiger partial charge in [0.2, 0.25) is 0 Å². The van der Waals surface area contributed by atoms with Crippen LogP contribution < -0.4 is 0 Å². The molecule has 2 aliphatic heterocycles. The van der Waals surface area contributed by atoms with E-state index in [4.69, 9.17) is 0 Å². The van der Waals surface area contributed by atoms with Crippen molar-refractivity contribution in [3.63, 3.8) is 0 Å². The van der Waals surface area contributed by atoms with Crippen molar-refractivity contribution < 1.29 is 5.11 Å². The molecule has 0 amide bonds. The number of allylic oxidation sites excluding steroid dienone is 1. The summed E-state index contributed by atoms with van der Waals surface area (Å²) in [4.78, 5) is 2.30. The number of aliphatic hydroxyl groups excluding tert-OH is 1. The van der Waals surface area contributed by atoms with Gasteiger partial charge in [-0.25, -0.2) is 0 Å². The number of hydrogen-bond acceptors (Lipinski definition) is 2. The van der Waals surface area contributed by atoms with Crippen LogP contribution >= 0.6 is 0 Å². The largest absolute Gasteiger partial charge is 0.387 e. The van der Waals surface area contributed by atoms with E-state index < -0.39 is 0 Å². The molecule has 2 heteroatoms. The Morgan fingerprint density at radius 1 is 1.50 bits per heavy atom. The van der Waals surface area contributed by atoms with Gasteiger partial charge in [-0.05, 0) is 19.3 Å². The average Bonchev–Trinajstić information content (AvgIpc) is 2.34. The zero-order valence-corrected chi connectivity index (χ0v) is 6.08. The fourth-order valence-corrected chi connectivity index (χ4v) is 1.80. The molecule has 0 aromatic heterocycles. The number of hydrogen-bond donors (Lipinski definition) is 1. The third-order valence-corrected chi connectivity index (χ3v) is 2.36. The van der Waals surface area contributed by atoms with Gasteiger partial charge in [0.25, 0.3) is 0 Å². The summed E-state index contributed by atoms with van der Waals surface area (Å²) in [6.07, 6.45) is 5.38. The Morgan fingerprint density at radius 2 is 2.40 bits per heavy atom. The fourth-order valence-electron chi connectivity index (χ4n) is 1.80. The Hall–Kier alpha value is -0.500. The van der Waals surface area contributed by atoms with Crippen LogP contribution in [-0.2, 0) is 0 Å². The molecule has 2 nitrogen and oxygen atoms in total. The summed E-state index contributed by atoms with van der Waals surface area (Å²) in [7, 11) is 0. The standard InChI is InChI=1S/C8H13NO/c10-8-4-6-9-5-2-1-3-7(8)9/h3,8,10H,1-2,4-6H2. The number of aliphatic hydroxyl groups is 1. The van der Waals surface area contributed by atoms with Crippen LogP contribution in [0.2, 0.25) is 0 Å². The minimum atomic E-state index is -0.153. The summed E-state index contributed by atoms with van der Waals surface area (Å²) < 4.78 is 0. The highest BCUT2D eigenvalue weighted by molar-refractivity contribution is 5.14. The minimum Gasteiger partial charge on any atom is -0.387 e. The highest BCUT2D eigenvalue weighted by atomic mass is 16.3. The molecule has 1 atom stereocenters. The predicted octanol–water partition coefficient (Wildman–Crippen LogP) is 0.731. The van der Waals surface area contributed by atoms with Crippen molar-refractivity contribution in [2.24, 2.45) is 0 Å². The smallest absolute Gasteiger partial charge is 0.0950 e. The summed E-state index contributed by atoms with van der Waals surface area (Å²) in [6.45, 7) is 2.22. The van der Waals surface area contributed by atoms with Crippen LogP contribution in [0.15, 0.2) is 11.8 Å². The van der Waals surface area contributed by atoms with Gasteiger partial charge in [-0.15, -0.1) is 0 Å². The van der Waals surface area contributed by atoms with Crippen molar-refractivity contribution in [2.75, 3.05) is 13.1 Å². The third kappa shape index (κ3) is 0.833. The summed E-state index contributed by atoms with van der Waals surface area (Å²) in [5.41, 5.74) is 1.19. The fraction of sp³-hybridized carbons (Fsp3) is 0.750. The van der Waals surface area contributed by atoms with Crippen LogP contribution in [-0.4, -0.2) is 29.2 Å². The lowest BCUT2D eigenvalue weighted by atomic mass is 10.1. The van der Waals surface area contributed by atoms with E-state index in [1.807, 2.05) is 0 Å². The van der Waals surface area contributed by atoms with Crippen molar-refractivity contribution in [3.8, 4) is 0 Å². The van der Waals surface area contributed by atoms with Gasteiger partial charge in [0, 0.05) is 18.8 Å². The summed E-state index contributed by atoms with van der Waals surface area (Å²) in [5, 5.41) is 9.41. The van der Waals surface area contributed by atoms with Crippen molar-refractivity contribution in [1.29, 1.82) is 0 Å². The van der Waals surface area contributed by atoms with Crippen LogP contribution in [0.5, 0.6) is 0 Å². The van der Waals surface area contributed by atoms with E-state index in [0.717, 1.165) is 25.9 Å². The zero-order chi connectivity index (χ0) is 6.97. The van der Waals surface area contributed by atoms with Gasteiger partial charge in [-0.3, -0.25) is 0 Å². The normalized spacial score (nSPS) is 31.9. The molecule has 0 spiro atoms. The van der Waals surface area contributed by atoms with Gasteiger partial charge in [0.15, 0.2) is 0 Å². The number of nitrogens with zero attached hydrogens (tertiary/aromatic N) is 1. The molecule has 1 saturated heterocycles. The SMILES string of the molecule is OC1CCN2CCCC=C12. The highest BCUT2D eigenvalue weighted by Gasteiger charge is 2.26. The predicted molar refractivity (Wildman–Crippen MR) is 39.5 cm³/mol. The maximum Gasteiger partial charge on any atom is 0.0950 e. The van der Waals surface area contributed by atoms with Crippen molar-refractivity contribution >= 4 is 0 Å². The molecule has 56 valence electrons. The lowest BCUT2D eigenvalue weighted by Gasteiger charge is -2.24. The van der Waals surface area contributed by atoms with E-state index in [2.05, 4.69) is 11.0 Å². The molecule has 0 aromatic rings. The molecule has 2 heterocycles. The molecule has 0 bridgehead atoms. The van der Waals surface area contributed by atoms with Crippen molar-refractivity contribution in [3.05, 3.63) is 11.8 Å². The molecule has 1 N–H and O–H groups in total. The molecule has 2 rings (SSSR count). The molecular weight excluding hydrogens is 126 g/mol. The zero-order valence-electron chi connectivity index (χ0n) is 6.08. The van der Waals surface area contributed by atoms with E-state index in [1.165, 1.54) is 12.1 Å². The molecule has 1 fully saturated rings. The second-order valence-corrected chi connectivity index (χ2v) is 3.06. The topological polar surface area (TPSA) is 23.5 Å². The Bertz CT molecular complexity index is 165. The first-order valence-electron chi connectivity index (χ1n) is 4.01. The first-order valence-corrected chi connectivity index (χ1v) is 4.01. The molecule has 0 aliphatic carbocycles. The monoisotopic (exact) mass is 139 g/mol. The van der Waals surface area contributed by atoms with E-state index in [1.54, 1.807) is 0 Å². The van der Waals surface area contributed by atoms with Gasteiger partial charge >= 0.3 is 0 Å². The molecule has 0 radical (unpaired) electrons. The average molecular weight is 139 g/mol. The maximum absolute atomic E-state index is 9.41. The van der Waals surface area contributed by atoms with E-state index in [0.29, 0.717) is 0 Å². The summed E-state index contributed by atoms with van der Waals surface area (Å²) >= 11 is 0. The Labute approximate surface area is 61.1 Å². The molecule has 0 saturated carbocycles. The van der Waals surface area contributed by atoms with Crippen molar-refractivity contribution in [1.82, 2.24) is 4.90 Å². The highest BCUT2D eigenvalue weighted by Crippen LogP contribution is 2.25. The van der Waals surface area contributed by atoms with Crippen LogP contribution in [0.3, 0.4) is 0 Å². The van der Waals surface area contributed by atoms with Crippen LogP contribution in [0.25, 0.3) is 0 Å². The third-order valence-electron chi connectivity index (χ3n) is 2.36. The Balaban J connectivity index is 2.19. The van der Waals surface area contributed by atoms with E-state index >= 15 is 0 Å². The first kappa shape index (κ1) is 6.23. The Kier molecular flexibility index (Phi) is 1.42. The van der Waals surface area contributed by atoms with Crippen LogP contribution in [0.4, 0.5) is 0 Å². The maximum atomic E-state index is 9.41. The number of fused-ring (bicyclic) bond motifs is 1. The molecular formula is C8H13NO. The minimum absolute atomic E-state index is 0.153. The first-order chi connectivity index (χ1) is 4.88. The second kappa shape index (κ2) is 2.27. The number of rotatable bonds is 0. The van der Waals surface area contributed by atoms with Gasteiger partial charge in [-0.1, -0.05) is 6.08 Å².